The summed E-state index contributed by atoms with van der Waals surface area (Å²) in [4.78, 5) is 7.11. The highest BCUT2D eigenvalue weighted by molar-refractivity contribution is 14.0. The van der Waals surface area contributed by atoms with E-state index in [0.717, 1.165) is 31.2 Å². The number of rotatable bonds is 8. The van der Waals surface area contributed by atoms with Gasteiger partial charge in [0.1, 0.15) is 5.82 Å². The second-order valence-electron chi connectivity index (χ2n) is 6.38. The number of benzene rings is 1. The number of nitrogens with zero attached hydrogens (tertiary/aromatic N) is 2. The Morgan fingerprint density at radius 3 is 2.69 bits per heavy atom. The Balaban J connectivity index is 0.00000338. The van der Waals surface area contributed by atoms with Gasteiger partial charge in [0, 0.05) is 32.3 Å². The molecule has 2 N–H and O–H groups in total. The number of nitrogens with one attached hydrogen (secondary N) is 2. The molecular weight excluding hydrogens is 446 g/mol. The number of piperidine rings is 1. The first kappa shape index (κ1) is 23.1. The Labute approximate surface area is 173 Å². The summed E-state index contributed by atoms with van der Waals surface area (Å²) < 4.78 is 18.7. The lowest BCUT2D eigenvalue weighted by Gasteiger charge is -2.26. The van der Waals surface area contributed by atoms with E-state index in [9.17, 15) is 4.39 Å². The molecule has 2 rings (SSSR count). The van der Waals surface area contributed by atoms with Crippen LogP contribution in [0.25, 0.3) is 0 Å². The van der Waals surface area contributed by atoms with Crippen molar-refractivity contribution in [1.29, 1.82) is 0 Å². The quantitative estimate of drug-likeness (QED) is 0.343. The van der Waals surface area contributed by atoms with E-state index in [4.69, 9.17) is 4.74 Å². The van der Waals surface area contributed by atoms with Crippen LogP contribution in [-0.2, 0) is 17.9 Å². The molecule has 0 amide bonds. The molecule has 0 aromatic heterocycles. The molecular formula is C19H32FIN4O. The summed E-state index contributed by atoms with van der Waals surface area (Å²) in [7, 11) is 1.57. The van der Waals surface area contributed by atoms with Crippen molar-refractivity contribution in [3.63, 3.8) is 0 Å². The van der Waals surface area contributed by atoms with Crippen molar-refractivity contribution in [3.05, 3.63) is 35.1 Å². The van der Waals surface area contributed by atoms with Gasteiger partial charge in [-0.1, -0.05) is 12.5 Å². The summed E-state index contributed by atoms with van der Waals surface area (Å²) in [5.74, 6) is 0.568. The van der Waals surface area contributed by atoms with E-state index < -0.39 is 0 Å². The molecule has 0 bridgehead atoms. The van der Waals surface area contributed by atoms with Gasteiger partial charge in [-0.15, -0.1) is 24.0 Å². The molecule has 1 aromatic carbocycles. The maximum absolute atomic E-state index is 13.7. The zero-order valence-electron chi connectivity index (χ0n) is 15.9. The fraction of sp³-hybridized carbons (Fsp3) is 0.632. The van der Waals surface area contributed by atoms with E-state index in [1.807, 2.05) is 6.07 Å². The molecule has 0 unspecified atom stereocenters. The number of hydrogen-bond donors (Lipinski definition) is 2. The fourth-order valence-corrected chi connectivity index (χ4v) is 3.02. The fourth-order valence-electron chi connectivity index (χ4n) is 3.02. The lowest BCUT2D eigenvalue weighted by atomic mass is 10.1. The molecule has 0 atom stereocenters. The van der Waals surface area contributed by atoms with E-state index >= 15 is 0 Å². The number of hydrogen-bond acceptors (Lipinski definition) is 3. The molecule has 148 valence electrons. The molecule has 0 saturated carbocycles. The SMILES string of the molecule is CCNC(=NCc1ccc(F)c(COC)c1)NCCN1CCCCC1.I. The molecule has 0 radical (unpaired) electrons. The van der Waals surface area contributed by atoms with Crippen LogP contribution in [0, 0.1) is 5.82 Å². The number of methoxy groups -OCH3 is 1. The molecule has 1 saturated heterocycles. The molecule has 0 spiro atoms. The van der Waals surface area contributed by atoms with Gasteiger partial charge in [-0.2, -0.15) is 0 Å². The van der Waals surface area contributed by atoms with Crippen LogP contribution in [0.1, 0.15) is 37.3 Å². The van der Waals surface area contributed by atoms with Gasteiger partial charge < -0.3 is 20.3 Å². The zero-order valence-corrected chi connectivity index (χ0v) is 18.2. The maximum atomic E-state index is 13.7. The summed E-state index contributed by atoms with van der Waals surface area (Å²) in [5, 5.41) is 6.65. The number of aliphatic imine (C=N–C) groups is 1. The van der Waals surface area contributed by atoms with Crippen LogP contribution in [0.5, 0.6) is 0 Å². The van der Waals surface area contributed by atoms with E-state index in [1.54, 1.807) is 13.2 Å². The first-order valence-corrected chi connectivity index (χ1v) is 9.23. The van der Waals surface area contributed by atoms with Crippen LogP contribution in [0.2, 0.25) is 0 Å². The second-order valence-corrected chi connectivity index (χ2v) is 6.38. The van der Waals surface area contributed by atoms with Crippen molar-refractivity contribution in [3.8, 4) is 0 Å². The maximum Gasteiger partial charge on any atom is 0.191 e. The number of likely N-dealkylation sites (tertiary alicyclic amines) is 1. The Hall–Kier alpha value is -0.930. The largest absolute Gasteiger partial charge is 0.380 e. The lowest BCUT2D eigenvalue weighted by molar-refractivity contribution is 0.181. The zero-order chi connectivity index (χ0) is 17.9. The molecule has 1 fully saturated rings. The lowest BCUT2D eigenvalue weighted by Crippen LogP contribution is -2.42. The van der Waals surface area contributed by atoms with Crippen molar-refractivity contribution < 1.29 is 9.13 Å². The van der Waals surface area contributed by atoms with Gasteiger partial charge in [0.2, 0.25) is 0 Å². The Kier molecular flexibility index (Phi) is 11.8. The predicted octanol–water partition coefficient (Wildman–Crippen LogP) is 3.13. The van der Waals surface area contributed by atoms with Crippen LogP contribution in [-0.4, -0.2) is 50.7 Å². The molecule has 1 aromatic rings. The minimum Gasteiger partial charge on any atom is -0.380 e. The van der Waals surface area contributed by atoms with Crippen molar-refractivity contribution in [2.24, 2.45) is 4.99 Å². The minimum absolute atomic E-state index is 0. The molecule has 26 heavy (non-hydrogen) atoms. The van der Waals surface area contributed by atoms with Gasteiger partial charge >= 0.3 is 0 Å². The summed E-state index contributed by atoms with van der Waals surface area (Å²) in [6.07, 6.45) is 3.97. The summed E-state index contributed by atoms with van der Waals surface area (Å²) in [6.45, 7) is 7.97. The minimum atomic E-state index is -0.235. The van der Waals surface area contributed by atoms with Gasteiger partial charge in [0.05, 0.1) is 13.2 Å². The van der Waals surface area contributed by atoms with Gasteiger partial charge in [0.25, 0.3) is 0 Å². The van der Waals surface area contributed by atoms with Crippen molar-refractivity contribution in [2.45, 2.75) is 39.3 Å². The first-order valence-electron chi connectivity index (χ1n) is 9.23. The van der Waals surface area contributed by atoms with Crippen molar-refractivity contribution >= 4 is 29.9 Å². The second kappa shape index (κ2) is 13.3. The van der Waals surface area contributed by atoms with Crippen LogP contribution in [0.15, 0.2) is 23.2 Å². The molecule has 1 heterocycles. The summed E-state index contributed by atoms with van der Waals surface area (Å²) in [5.41, 5.74) is 1.54. The monoisotopic (exact) mass is 478 g/mol. The highest BCUT2D eigenvalue weighted by Crippen LogP contribution is 2.12. The average Bonchev–Trinajstić information content (AvgIpc) is 2.63. The third-order valence-electron chi connectivity index (χ3n) is 4.34. The van der Waals surface area contributed by atoms with Crippen molar-refractivity contribution in [2.75, 3.05) is 39.8 Å². The molecule has 1 aliphatic heterocycles. The topological polar surface area (TPSA) is 48.9 Å². The summed E-state index contributed by atoms with van der Waals surface area (Å²) in [6, 6.07) is 5.07. The van der Waals surface area contributed by atoms with E-state index in [-0.39, 0.29) is 36.4 Å². The third kappa shape index (κ3) is 8.18. The van der Waals surface area contributed by atoms with Crippen LogP contribution >= 0.6 is 24.0 Å². The highest BCUT2D eigenvalue weighted by atomic mass is 127. The van der Waals surface area contributed by atoms with E-state index in [1.165, 1.54) is 38.4 Å². The van der Waals surface area contributed by atoms with Crippen LogP contribution in [0.4, 0.5) is 4.39 Å². The Bertz CT molecular complexity index is 550. The highest BCUT2D eigenvalue weighted by Gasteiger charge is 2.09. The molecule has 7 heteroatoms. The van der Waals surface area contributed by atoms with E-state index in [2.05, 4.69) is 27.4 Å². The van der Waals surface area contributed by atoms with Gasteiger partial charge in [0.15, 0.2) is 5.96 Å². The predicted molar refractivity (Wildman–Crippen MR) is 116 cm³/mol. The summed E-state index contributed by atoms with van der Waals surface area (Å²) >= 11 is 0. The van der Waals surface area contributed by atoms with Gasteiger partial charge in [-0.3, -0.25) is 0 Å². The van der Waals surface area contributed by atoms with Gasteiger partial charge in [-0.05, 0) is 50.6 Å². The standard InChI is InChI=1S/C19H31FN4O.HI/c1-3-21-19(22-9-12-24-10-5-4-6-11-24)23-14-16-7-8-18(20)17(13-16)15-25-2;/h7-8,13H,3-6,9-12,14-15H2,1-2H3,(H2,21,22,23);1H. The smallest absolute Gasteiger partial charge is 0.191 e. The molecule has 5 nitrogen and oxygen atoms in total. The molecule has 0 aliphatic carbocycles. The van der Waals surface area contributed by atoms with Crippen molar-refractivity contribution in [1.82, 2.24) is 15.5 Å². The van der Waals surface area contributed by atoms with Gasteiger partial charge in [-0.25, -0.2) is 9.38 Å². The third-order valence-corrected chi connectivity index (χ3v) is 4.34. The number of halogens is 2. The van der Waals surface area contributed by atoms with Crippen LogP contribution < -0.4 is 10.6 Å². The van der Waals surface area contributed by atoms with Crippen LogP contribution in [0.3, 0.4) is 0 Å². The Morgan fingerprint density at radius 1 is 1.23 bits per heavy atom. The number of ether oxygens (including phenoxy) is 1. The average molecular weight is 478 g/mol. The Morgan fingerprint density at radius 2 is 2.00 bits per heavy atom. The number of guanidine groups is 1. The normalized spacial score (nSPS) is 15.4. The molecule has 1 aliphatic rings. The first-order chi connectivity index (χ1) is 12.2. The van der Waals surface area contributed by atoms with E-state index in [0.29, 0.717) is 12.1 Å².